The molecule has 0 amide bonds. The minimum absolute atomic E-state index is 0.119. The van der Waals surface area contributed by atoms with Gasteiger partial charge in [0.15, 0.2) is 0 Å². The van der Waals surface area contributed by atoms with Crippen molar-refractivity contribution in [2.75, 3.05) is 13.2 Å². The Balaban J connectivity index is 0.00000117. The van der Waals surface area contributed by atoms with E-state index in [1.54, 1.807) is 0 Å². The molecule has 0 spiro atoms. The highest BCUT2D eigenvalue weighted by Gasteiger charge is 2.50. The van der Waals surface area contributed by atoms with E-state index in [-0.39, 0.29) is 57.1 Å². The van der Waals surface area contributed by atoms with E-state index in [9.17, 15) is 9.59 Å². The highest BCUT2D eigenvalue weighted by atomic mass is 16.7. The Kier molecular flexibility index (Phi) is 21.4. The Morgan fingerprint density at radius 1 is 0.459 bits per heavy atom. The minimum Gasteiger partial charge on any atom is -0.462 e. The van der Waals surface area contributed by atoms with Gasteiger partial charge in [0.05, 0.1) is 13.2 Å². The number of piperidine rings is 2. The fraction of sp³-hybridized carbons (Fsp3) is 0.606. The van der Waals surface area contributed by atoms with Crippen LogP contribution in [0.4, 0.5) is 0 Å². The molecule has 2 saturated heterocycles. The number of hydrogen-bond acceptors (Lipinski definition) is 8. The standard InChI is InChI=1S/C58H80N2O6.C8H18/c1-53(2)39-49(40-54(3,4)59(53)63-43-57(9,45-29-19-15-20-30-45)46-31-21-16-22-32-46)65-51(61)37-27-13-11-12-14-28-38-52(62)66-50-41-55(5,6)60(56(7,8)42-50)64-44-58(10,47-33-23-17-24-34-47)48-35-25-18-26-36-48;1-7(2)6-8(3,4)5/h15-26,29-36,49-50H,11-14,27-28,37-44H2,1-10H3;7H,6H2,1-5H3. The highest BCUT2D eigenvalue weighted by Crippen LogP contribution is 2.44. The Hall–Kier alpha value is -4.34. The molecule has 8 nitrogen and oxygen atoms in total. The number of hydrogen-bond donors (Lipinski definition) is 0. The second-order valence-electron chi connectivity index (χ2n) is 26.3. The van der Waals surface area contributed by atoms with Gasteiger partial charge in [0.2, 0.25) is 0 Å². The van der Waals surface area contributed by atoms with E-state index in [2.05, 4.69) is 235 Å². The molecule has 0 atom stereocenters. The van der Waals surface area contributed by atoms with Gasteiger partial charge in [0.1, 0.15) is 12.2 Å². The van der Waals surface area contributed by atoms with E-state index < -0.39 is 0 Å². The zero-order valence-corrected chi connectivity index (χ0v) is 48.7. The van der Waals surface area contributed by atoms with E-state index >= 15 is 0 Å². The van der Waals surface area contributed by atoms with Gasteiger partial charge in [0, 0.05) is 71.5 Å². The number of carbonyl (C=O) groups excluding carboxylic acids is 2. The Labute approximate surface area is 449 Å². The molecule has 8 heteroatoms. The molecule has 408 valence electrons. The molecule has 2 fully saturated rings. The summed E-state index contributed by atoms with van der Waals surface area (Å²) in [6, 6.07) is 42.3. The van der Waals surface area contributed by atoms with Crippen LogP contribution in [0.3, 0.4) is 0 Å². The number of nitrogens with zero attached hydrogens (tertiary/aromatic N) is 2. The fourth-order valence-corrected chi connectivity index (χ4v) is 12.4. The third-order valence-corrected chi connectivity index (χ3v) is 15.3. The average molecular weight is 1020 g/mol. The molecule has 0 radical (unpaired) electrons. The number of unbranched alkanes of at least 4 members (excludes halogenated alkanes) is 5. The summed E-state index contributed by atoms with van der Waals surface area (Å²) in [4.78, 5) is 39.9. The Morgan fingerprint density at radius 2 is 0.716 bits per heavy atom. The summed E-state index contributed by atoms with van der Waals surface area (Å²) in [6.07, 6.45) is 10.2. The molecule has 0 unspecified atom stereocenters. The van der Waals surface area contributed by atoms with Crippen molar-refractivity contribution in [2.45, 2.75) is 233 Å². The van der Waals surface area contributed by atoms with Crippen LogP contribution < -0.4 is 0 Å². The van der Waals surface area contributed by atoms with E-state index in [0.29, 0.717) is 57.2 Å². The van der Waals surface area contributed by atoms with Gasteiger partial charge in [-0.2, -0.15) is 10.1 Å². The van der Waals surface area contributed by atoms with Crippen molar-refractivity contribution >= 4 is 11.9 Å². The SMILES string of the molecule is CC(C)CC(C)(C)C.CC(CON1C(C)(C)CC(OC(=O)CCCCCCCCC(=O)OC2CC(C)(C)N(OCC(C)(c3ccccc3)c3ccccc3)C(C)(C)C2)CC1(C)C)(c1ccccc1)c1ccccc1. The van der Waals surface area contributed by atoms with Gasteiger partial charge in [0.25, 0.3) is 0 Å². The van der Waals surface area contributed by atoms with Crippen LogP contribution in [0.5, 0.6) is 0 Å². The first-order chi connectivity index (χ1) is 34.7. The zero-order chi connectivity index (χ0) is 54.4. The zero-order valence-electron chi connectivity index (χ0n) is 48.7. The molecule has 4 aromatic rings. The van der Waals surface area contributed by atoms with Gasteiger partial charge in [-0.05, 0) is 122 Å². The van der Waals surface area contributed by atoms with Crippen LogP contribution in [-0.4, -0.2) is 69.6 Å². The third-order valence-electron chi connectivity index (χ3n) is 15.3. The monoisotopic (exact) mass is 1010 g/mol. The maximum atomic E-state index is 13.1. The molecular formula is C66H98N2O6. The molecule has 0 bridgehead atoms. The molecule has 0 aliphatic carbocycles. The van der Waals surface area contributed by atoms with Crippen LogP contribution in [0, 0.1) is 11.3 Å². The second-order valence-corrected chi connectivity index (χ2v) is 26.3. The second kappa shape index (κ2) is 26.1. The van der Waals surface area contributed by atoms with Gasteiger partial charge >= 0.3 is 11.9 Å². The molecule has 2 aliphatic heterocycles. The van der Waals surface area contributed by atoms with Gasteiger partial charge in [-0.15, -0.1) is 0 Å². The summed E-state index contributed by atoms with van der Waals surface area (Å²) < 4.78 is 12.3. The van der Waals surface area contributed by atoms with Crippen LogP contribution in [0.2, 0.25) is 0 Å². The van der Waals surface area contributed by atoms with Crippen LogP contribution >= 0.6 is 0 Å². The summed E-state index contributed by atoms with van der Waals surface area (Å²) in [5.74, 6) is 0.604. The summed E-state index contributed by atoms with van der Waals surface area (Å²) >= 11 is 0. The van der Waals surface area contributed by atoms with Crippen molar-refractivity contribution < 1.29 is 28.7 Å². The minimum atomic E-state index is -0.345. The summed E-state index contributed by atoms with van der Waals surface area (Å²) in [5, 5.41) is 4.31. The Morgan fingerprint density at radius 3 is 0.946 bits per heavy atom. The summed E-state index contributed by atoms with van der Waals surface area (Å²) in [7, 11) is 0. The number of rotatable bonds is 22. The van der Waals surface area contributed by atoms with Crippen molar-refractivity contribution in [3.63, 3.8) is 0 Å². The topological polar surface area (TPSA) is 77.5 Å². The average Bonchev–Trinajstić information content (AvgIpc) is 3.31. The van der Waals surface area contributed by atoms with Crippen molar-refractivity contribution in [3.8, 4) is 0 Å². The number of esters is 2. The van der Waals surface area contributed by atoms with E-state index in [1.807, 2.05) is 0 Å². The van der Waals surface area contributed by atoms with Gasteiger partial charge in [-0.25, -0.2) is 0 Å². The smallest absolute Gasteiger partial charge is 0.306 e. The van der Waals surface area contributed by atoms with Crippen molar-refractivity contribution in [1.29, 1.82) is 0 Å². The van der Waals surface area contributed by atoms with E-state index in [0.717, 1.165) is 44.4 Å². The Bertz CT molecular complexity index is 2020. The molecule has 6 rings (SSSR count). The van der Waals surface area contributed by atoms with E-state index in [4.69, 9.17) is 19.1 Å². The molecule has 0 aromatic heterocycles. The van der Waals surface area contributed by atoms with Crippen LogP contribution in [0.15, 0.2) is 121 Å². The van der Waals surface area contributed by atoms with Gasteiger partial charge in [-0.1, -0.05) is 182 Å². The number of hydroxylamine groups is 4. The number of benzene rings is 4. The lowest BCUT2D eigenvalue weighted by Crippen LogP contribution is -2.62. The van der Waals surface area contributed by atoms with Crippen LogP contribution in [0.25, 0.3) is 0 Å². The van der Waals surface area contributed by atoms with Crippen molar-refractivity contribution in [2.24, 2.45) is 11.3 Å². The van der Waals surface area contributed by atoms with Gasteiger partial charge < -0.3 is 9.47 Å². The number of carbonyl (C=O) groups is 2. The summed E-state index contributed by atoms with van der Waals surface area (Å²) in [6.45, 7) is 34.4. The van der Waals surface area contributed by atoms with Crippen molar-refractivity contribution in [3.05, 3.63) is 144 Å². The third kappa shape index (κ3) is 17.3. The molecule has 0 saturated carbocycles. The summed E-state index contributed by atoms with van der Waals surface area (Å²) in [5.41, 5.74) is 3.29. The quantitative estimate of drug-likeness (QED) is 0.0569. The molecule has 0 N–H and O–H groups in total. The molecule has 2 heterocycles. The molecule has 4 aromatic carbocycles. The first kappa shape index (κ1) is 60.5. The molecule has 74 heavy (non-hydrogen) atoms. The maximum absolute atomic E-state index is 13.1. The van der Waals surface area contributed by atoms with Crippen LogP contribution in [0.1, 0.15) is 210 Å². The van der Waals surface area contributed by atoms with E-state index in [1.165, 1.54) is 28.7 Å². The molecular weight excluding hydrogens is 917 g/mol. The lowest BCUT2D eigenvalue weighted by Gasteiger charge is -2.54. The first-order valence-corrected chi connectivity index (χ1v) is 28.1. The lowest BCUT2D eigenvalue weighted by molar-refractivity contribution is -0.298. The predicted molar refractivity (Wildman–Crippen MR) is 305 cm³/mol. The maximum Gasteiger partial charge on any atom is 0.306 e. The lowest BCUT2D eigenvalue weighted by atomic mass is 9.77. The molecule has 2 aliphatic rings. The van der Waals surface area contributed by atoms with Gasteiger partial charge in [-0.3, -0.25) is 19.3 Å². The largest absolute Gasteiger partial charge is 0.462 e. The first-order valence-electron chi connectivity index (χ1n) is 28.1. The normalized spacial score (nSPS) is 18.3. The van der Waals surface area contributed by atoms with Crippen molar-refractivity contribution in [1.82, 2.24) is 10.1 Å². The fourth-order valence-electron chi connectivity index (χ4n) is 12.4. The highest BCUT2D eigenvalue weighted by molar-refractivity contribution is 5.70. The van der Waals surface area contributed by atoms with Crippen LogP contribution in [-0.2, 0) is 39.6 Å². The number of ether oxygens (including phenoxy) is 2. The predicted octanol–water partition coefficient (Wildman–Crippen LogP) is 16.2.